The Labute approximate surface area is 235 Å². The molecule has 0 spiro atoms. The Balaban J connectivity index is 1.42. The van der Waals surface area contributed by atoms with Crippen LogP contribution in [0, 0.1) is 6.92 Å². The highest BCUT2D eigenvalue weighted by molar-refractivity contribution is 5.81. The number of methoxy groups -OCH3 is 1. The highest BCUT2D eigenvalue weighted by Gasteiger charge is 2.72. The molecule has 6 rings (SSSR count). The number of imidazole rings is 2. The minimum Gasteiger partial charge on any atom is -0.497 e. The normalized spacial score (nSPS) is 12.8. The highest BCUT2D eigenvalue weighted by Crippen LogP contribution is 2.56. The molecule has 0 unspecified atom stereocenters. The molecule has 4 aromatic carbocycles. The maximum Gasteiger partial charge on any atom is 0.411 e. The Kier molecular flexibility index (Phi) is 6.29. The maximum absolute atomic E-state index is 14.7. The number of fused-ring (bicyclic) bond motifs is 2. The number of nitrogens with one attached hydrogen (secondary N) is 2. The van der Waals surface area contributed by atoms with Crippen molar-refractivity contribution < 1.29 is 31.1 Å². The molecule has 0 aliphatic heterocycles. The van der Waals surface area contributed by atoms with Crippen molar-refractivity contribution in [3.05, 3.63) is 102 Å². The zero-order chi connectivity index (χ0) is 29.9. The lowest BCUT2D eigenvalue weighted by Gasteiger charge is -2.38. The van der Waals surface area contributed by atoms with Crippen molar-refractivity contribution in [3.8, 4) is 28.5 Å². The molecule has 0 aliphatic carbocycles. The van der Waals surface area contributed by atoms with E-state index in [0.717, 1.165) is 29.8 Å². The van der Waals surface area contributed by atoms with Crippen molar-refractivity contribution in [2.45, 2.75) is 24.7 Å². The van der Waals surface area contributed by atoms with Crippen molar-refractivity contribution >= 4 is 22.1 Å². The number of hydrogen-bond acceptors (Lipinski definition) is 3. The Morgan fingerprint density at radius 1 is 0.595 bits per heavy atom. The summed E-state index contributed by atoms with van der Waals surface area (Å²) in [6.07, 6.45) is -11.4. The lowest BCUT2D eigenvalue weighted by molar-refractivity contribution is -0.288. The number of aryl methyl sites for hydroxylation is 1. The van der Waals surface area contributed by atoms with Crippen LogP contribution in [0.15, 0.2) is 84.9 Å². The van der Waals surface area contributed by atoms with Crippen LogP contribution in [-0.4, -0.2) is 39.4 Å². The van der Waals surface area contributed by atoms with Crippen LogP contribution < -0.4 is 4.74 Å². The number of alkyl halides is 6. The molecule has 0 radical (unpaired) electrons. The van der Waals surface area contributed by atoms with E-state index in [2.05, 4.69) is 19.9 Å². The molecule has 2 aromatic heterocycles. The SMILES string of the molecule is COc1ccc2[nH]c(-c3ccc(C(c4ccc(-c5nc6cc(C)ccc6[nH]5)cc4)(C(F)(F)F)C(F)(F)F)cc3)nc2c1. The minimum absolute atomic E-state index is 0.291. The third-order valence-corrected chi connectivity index (χ3v) is 7.36. The van der Waals surface area contributed by atoms with Gasteiger partial charge in [0.05, 0.1) is 29.2 Å². The molecule has 0 bridgehead atoms. The zero-order valence-electron chi connectivity index (χ0n) is 22.2. The second-order valence-electron chi connectivity index (χ2n) is 9.97. The van der Waals surface area contributed by atoms with Crippen LogP contribution in [0.3, 0.4) is 0 Å². The molecule has 11 heteroatoms. The number of rotatable bonds is 5. The molecule has 2 N–H and O–H groups in total. The summed E-state index contributed by atoms with van der Waals surface area (Å²) in [4.78, 5) is 14.9. The second kappa shape index (κ2) is 9.64. The van der Waals surface area contributed by atoms with Crippen LogP contribution in [-0.2, 0) is 5.41 Å². The predicted octanol–water partition coefficient (Wildman–Crippen LogP) is 8.50. The molecule has 5 nitrogen and oxygen atoms in total. The fourth-order valence-corrected chi connectivity index (χ4v) is 5.24. The van der Waals surface area contributed by atoms with E-state index in [1.54, 1.807) is 24.3 Å². The van der Waals surface area contributed by atoms with Crippen molar-refractivity contribution in [3.63, 3.8) is 0 Å². The number of nitrogens with zero attached hydrogens (tertiary/aromatic N) is 2. The molecule has 6 aromatic rings. The molecule has 0 amide bonds. The van der Waals surface area contributed by atoms with Crippen LogP contribution in [0.1, 0.15) is 16.7 Å². The summed E-state index contributed by atoms with van der Waals surface area (Å²) in [5.41, 5.74) is -2.06. The Hall–Kier alpha value is -4.80. The van der Waals surface area contributed by atoms with E-state index in [4.69, 9.17) is 4.74 Å². The van der Waals surface area contributed by atoms with Crippen molar-refractivity contribution in [1.29, 1.82) is 0 Å². The van der Waals surface area contributed by atoms with Gasteiger partial charge in [-0.2, -0.15) is 26.3 Å². The Morgan fingerprint density at radius 3 is 1.50 bits per heavy atom. The molecule has 214 valence electrons. The van der Waals surface area contributed by atoms with E-state index in [1.807, 2.05) is 19.1 Å². The molecule has 2 heterocycles. The summed E-state index contributed by atoms with van der Waals surface area (Å²) in [6, 6.07) is 18.8. The molecule has 0 atom stereocenters. The lowest BCUT2D eigenvalue weighted by Crippen LogP contribution is -2.54. The predicted molar refractivity (Wildman–Crippen MR) is 147 cm³/mol. The second-order valence-corrected chi connectivity index (χ2v) is 9.97. The number of ether oxygens (including phenoxy) is 1. The number of benzene rings is 4. The van der Waals surface area contributed by atoms with Gasteiger partial charge in [-0.15, -0.1) is 0 Å². The summed E-state index contributed by atoms with van der Waals surface area (Å²) < 4.78 is 93.4. The van der Waals surface area contributed by atoms with Gasteiger partial charge in [0.2, 0.25) is 5.41 Å². The van der Waals surface area contributed by atoms with Crippen LogP contribution in [0.2, 0.25) is 0 Å². The van der Waals surface area contributed by atoms with Gasteiger partial charge < -0.3 is 14.7 Å². The average molecular weight is 581 g/mol. The van der Waals surface area contributed by atoms with E-state index >= 15 is 0 Å². The first kappa shape index (κ1) is 27.4. The molecule has 42 heavy (non-hydrogen) atoms. The first-order valence-corrected chi connectivity index (χ1v) is 12.8. The largest absolute Gasteiger partial charge is 0.497 e. The van der Waals surface area contributed by atoms with E-state index < -0.39 is 28.9 Å². The first-order valence-electron chi connectivity index (χ1n) is 12.8. The van der Waals surface area contributed by atoms with E-state index in [1.165, 1.54) is 31.4 Å². The van der Waals surface area contributed by atoms with Gasteiger partial charge in [-0.05, 0) is 47.9 Å². The summed E-state index contributed by atoms with van der Waals surface area (Å²) in [6.45, 7) is 1.89. The highest BCUT2D eigenvalue weighted by atomic mass is 19.4. The molecular weight excluding hydrogens is 558 g/mol. The van der Waals surface area contributed by atoms with Gasteiger partial charge >= 0.3 is 12.4 Å². The van der Waals surface area contributed by atoms with Crippen LogP contribution in [0.5, 0.6) is 5.75 Å². The van der Waals surface area contributed by atoms with E-state index in [-0.39, 0.29) is 0 Å². The minimum atomic E-state index is -5.71. The number of halogens is 6. The van der Waals surface area contributed by atoms with Gasteiger partial charge in [-0.3, -0.25) is 0 Å². The van der Waals surface area contributed by atoms with Gasteiger partial charge in [0.15, 0.2) is 0 Å². The fourth-order valence-electron chi connectivity index (χ4n) is 5.24. The van der Waals surface area contributed by atoms with Crippen molar-refractivity contribution in [1.82, 2.24) is 19.9 Å². The summed E-state index contributed by atoms with van der Waals surface area (Å²) >= 11 is 0. The third-order valence-electron chi connectivity index (χ3n) is 7.36. The standard InChI is InChI=1S/C31H22F6N4O/c1-17-3-13-23-25(15-17)40-27(38-23)18-4-8-20(9-5-18)29(30(32,33)34,31(35,36)37)21-10-6-19(7-11-21)28-39-24-14-12-22(42-2)16-26(24)41-28/h3-16H,1-2H3,(H,38,40)(H,39,41). The van der Waals surface area contributed by atoms with Gasteiger partial charge in [0, 0.05) is 17.2 Å². The monoisotopic (exact) mass is 580 g/mol. The molecular formula is C31H22F6N4O. The third kappa shape index (κ3) is 4.36. The van der Waals surface area contributed by atoms with Crippen LogP contribution >= 0.6 is 0 Å². The number of hydrogen-bond donors (Lipinski definition) is 2. The summed E-state index contributed by atoms with van der Waals surface area (Å²) in [5.74, 6) is 1.18. The summed E-state index contributed by atoms with van der Waals surface area (Å²) in [7, 11) is 1.49. The topological polar surface area (TPSA) is 66.6 Å². The zero-order valence-corrected chi connectivity index (χ0v) is 22.2. The van der Waals surface area contributed by atoms with Gasteiger partial charge in [0.1, 0.15) is 17.4 Å². The fraction of sp³-hybridized carbons (Fsp3) is 0.161. The molecule has 0 fully saturated rings. The van der Waals surface area contributed by atoms with Gasteiger partial charge in [-0.25, -0.2) is 9.97 Å². The smallest absolute Gasteiger partial charge is 0.411 e. The number of aromatic nitrogens is 4. The van der Waals surface area contributed by atoms with E-state index in [0.29, 0.717) is 50.6 Å². The molecule has 0 saturated heterocycles. The quantitative estimate of drug-likeness (QED) is 0.201. The molecule has 0 aliphatic rings. The maximum atomic E-state index is 14.7. The Bertz CT molecular complexity index is 1890. The average Bonchev–Trinajstić information content (AvgIpc) is 3.56. The number of H-pyrrole nitrogens is 2. The van der Waals surface area contributed by atoms with Crippen LogP contribution in [0.25, 0.3) is 44.8 Å². The van der Waals surface area contributed by atoms with Gasteiger partial charge in [-0.1, -0.05) is 54.6 Å². The van der Waals surface area contributed by atoms with Crippen molar-refractivity contribution in [2.75, 3.05) is 7.11 Å². The first-order chi connectivity index (χ1) is 19.9. The van der Waals surface area contributed by atoms with Gasteiger partial charge in [0.25, 0.3) is 0 Å². The summed E-state index contributed by atoms with van der Waals surface area (Å²) in [5, 5.41) is 0. The van der Waals surface area contributed by atoms with E-state index in [9.17, 15) is 26.3 Å². The lowest BCUT2D eigenvalue weighted by atomic mass is 9.72. The molecule has 0 saturated carbocycles. The Morgan fingerprint density at radius 2 is 1.05 bits per heavy atom. The number of aromatic amines is 2. The van der Waals surface area contributed by atoms with Crippen LogP contribution in [0.4, 0.5) is 26.3 Å². The van der Waals surface area contributed by atoms with Crippen molar-refractivity contribution in [2.24, 2.45) is 0 Å².